The van der Waals surface area contributed by atoms with Gasteiger partial charge in [-0.3, -0.25) is 18.8 Å². The van der Waals surface area contributed by atoms with Gasteiger partial charge in [0.2, 0.25) is 0 Å². The molecule has 1 aromatic carbocycles. The molecule has 0 fully saturated rings. The molecule has 11 heteroatoms. The Labute approximate surface area is 218 Å². The van der Waals surface area contributed by atoms with E-state index in [-0.39, 0.29) is 23.8 Å². The molecular weight excluding hydrogens is 496 g/mol. The van der Waals surface area contributed by atoms with Crippen LogP contribution in [0.25, 0.3) is 0 Å². The molecule has 0 aliphatic rings. The third-order valence-corrected chi connectivity index (χ3v) is 5.86. The summed E-state index contributed by atoms with van der Waals surface area (Å²) in [6, 6.07) is 13.0. The topological polar surface area (TPSA) is 113 Å². The zero-order chi connectivity index (χ0) is 26.2. The molecule has 0 spiro atoms. The van der Waals surface area contributed by atoms with E-state index in [2.05, 4.69) is 15.4 Å². The SMILES string of the molecule is COCc1nn(Cc2ccc(Cn3ccccc3=O)cc2)cc1C(=O)NCCCn1cc(Cl)cnc1=O. The van der Waals surface area contributed by atoms with E-state index in [0.717, 1.165) is 11.1 Å². The molecule has 3 aromatic heterocycles. The monoisotopic (exact) mass is 522 g/mol. The molecule has 0 aliphatic carbocycles. The van der Waals surface area contributed by atoms with E-state index in [1.54, 1.807) is 34.8 Å². The van der Waals surface area contributed by atoms with E-state index in [0.29, 0.717) is 48.9 Å². The lowest BCUT2D eigenvalue weighted by Crippen LogP contribution is -2.28. The molecule has 1 amide bonds. The van der Waals surface area contributed by atoms with E-state index < -0.39 is 0 Å². The molecule has 0 radical (unpaired) electrons. The van der Waals surface area contributed by atoms with Crippen molar-refractivity contribution in [2.75, 3.05) is 13.7 Å². The number of carbonyl (C=O) groups excluding carboxylic acids is 1. The Balaban J connectivity index is 1.36. The van der Waals surface area contributed by atoms with Gasteiger partial charge in [-0.25, -0.2) is 9.78 Å². The molecule has 1 N–H and O–H groups in total. The molecule has 4 aromatic rings. The Morgan fingerprint density at radius 1 is 1.03 bits per heavy atom. The summed E-state index contributed by atoms with van der Waals surface area (Å²) in [5.41, 5.74) is 2.55. The van der Waals surface area contributed by atoms with Crippen LogP contribution in [0.4, 0.5) is 0 Å². The van der Waals surface area contributed by atoms with Gasteiger partial charge in [-0.2, -0.15) is 5.10 Å². The van der Waals surface area contributed by atoms with E-state index in [4.69, 9.17) is 16.3 Å². The van der Waals surface area contributed by atoms with Crippen LogP contribution in [0.15, 0.2) is 76.8 Å². The molecule has 0 bridgehead atoms. The number of hydrogen-bond donors (Lipinski definition) is 1. The standard InChI is InChI=1S/C26H27ClN6O4/c1-37-18-23-22(25(35)28-10-4-12-32-16-21(27)13-29-26(32)36)17-33(30-23)15-20-8-6-19(7-9-20)14-31-11-3-2-5-24(31)34/h2-3,5-9,11,13,16-17H,4,10,12,14-15,18H2,1H3,(H,28,35). The predicted molar refractivity (Wildman–Crippen MR) is 139 cm³/mol. The highest BCUT2D eigenvalue weighted by molar-refractivity contribution is 6.30. The predicted octanol–water partition coefficient (Wildman–Crippen LogP) is 2.32. The maximum Gasteiger partial charge on any atom is 0.347 e. The number of aromatic nitrogens is 5. The maximum atomic E-state index is 12.8. The van der Waals surface area contributed by atoms with Crippen LogP contribution in [0, 0.1) is 0 Å². The smallest absolute Gasteiger partial charge is 0.347 e. The first-order valence-corrected chi connectivity index (χ1v) is 12.1. The van der Waals surface area contributed by atoms with Crippen molar-refractivity contribution in [2.45, 2.75) is 32.7 Å². The number of hydrogen-bond acceptors (Lipinski definition) is 6. The summed E-state index contributed by atoms with van der Waals surface area (Å²) in [6.45, 7) is 1.91. The Kier molecular flexibility index (Phi) is 8.65. The number of amides is 1. The van der Waals surface area contributed by atoms with E-state index in [9.17, 15) is 14.4 Å². The number of aryl methyl sites for hydroxylation is 1. The van der Waals surface area contributed by atoms with Gasteiger partial charge in [-0.05, 0) is 23.6 Å². The van der Waals surface area contributed by atoms with Crippen molar-refractivity contribution in [3.05, 3.63) is 115 Å². The minimum absolute atomic E-state index is 0.0463. The summed E-state index contributed by atoms with van der Waals surface area (Å²) in [5, 5.41) is 7.78. The van der Waals surface area contributed by atoms with Crippen molar-refractivity contribution in [2.24, 2.45) is 0 Å². The van der Waals surface area contributed by atoms with Crippen molar-refractivity contribution >= 4 is 17.5 Å². The third-order valence-electron chi connectivity index (χ3n) is 5.67. The van der Waals surface area contributed by atoms with Gasteiger partial charge in [0.25, 0.3) is 11.5 Å². The van der Waals surface area contributed by atoms with Crippen LogP contribution in [0.2, 0.25) is 5.02 Å². The van der Waals surface area contributed by atoms with Gasteiger partial charge >= 0.3 is 5.69 Å². The molecule has 3 heterocycles. The lowest BCUT2D eigenvalue weighted by atomic mass is 10.1. The average Bonchev–Trinajstić information content (AvgIpc) is 3.28. The molecule has 0 saturated carbocycles. The first kappa shape index (κ1) is 26.1. The van der Waals surface area contributed by atoms with Crippen LogP contribution in [0.3, 0.4) is 0 Å². The summed E-state index contributed by atoms with van der Waals surface area (Å²) in [6.07, 6.45) is 6.82. The van der Waals surface area contributed by atoms with Crippen molar-refractivity contribution in [1.82, 2.24) is 29.2 Å². The average molecular weight is 523 g/mol. The molecular formula is C26H27ClN6O4. The van der Waals surface area contributed by atoms with E-state index in [1.807, 2.05) is 30.3 Å². The van der Waals surface area contributed by atoms with Gasteiger partial charge in [0.15, 0.2) is 0 Å². The normalized spacial score (nSPS) is 11.0. The lowest BCUT2D eigenvalue weighted by molar-refractivity contribution is 0.0947. The molecule has 4 rings (SSSR count). The van der Waals surface area contributed by atoms with Gasteiger partial charge in [0, 0.05) is 44.9 Å². The number of methoxy groups -OCH3 is 1. The zero-order valence-corrected chi connectivity index (χ0v) is 21.1. The number of pyridine rings is 1. The van der Waals surface area contributed by atoms with Gasteiger partial charge in [-0.15, -0.1) is 0 Å². The summed E-state index contributed by atoms with van der Waals surface area (Å²) in [4.78, 5) is 40.2. The van der Waals surface area contributed by atoms with Gasteiger partial charge < -0.3 is 14.6 Å². The second-order valence-corrected chi connectivity index (χ2v) is 8.90. The minimum Gasteiger partial charge on any atom is -0.378 e. The van der Waals surface area contributed by atoms with E-state index in [1.165, 1.54) is 23.0 Å². The number of benzene rings is 1. The quantitative estimate of drug-likeness (QED) is 0.302. The summed E-state index contributed by atoms with van der Waals surface area (Å²) >= 11 is 5.89. The number of nitrogens with zero attached hydrogens (tertiary/aromatic N) is 5. The number of nitrogens with one attached hydrogen (secondary N) is 1. The fourth-order valence-electron chi connectivity index (χ4n) is 3.84. The third kappa shape index (κ3) is 7.02. The van der Waals surface area contributed by atoms with Crippen molar-refractivity contribution < 1.29 is 9.53 Å². The van der Waals surface area contributed by atoms with Gasteiger partial charge in [0.05, 0.1) is 36.5 Å². The second kappa shape index (κ2) is 12.3. The zero-order valence-electron chi connectivity index (χ0n) is 20.3. The molecule has 0 aliphatic heterocycles. The summed E-state index contributed by atoms with van der Waals surface area (Å²) in [5.74, 6) is -0.265. The van der Waals surface area contributed by atoms with Crippen molar-refractivity contribution in [3.8, 4) is 0 Å². The summed E-state index contributed by atoms with van der Waals surface area (Å²) < 4.78 is 9.99. The Hall–Kier alpha value is -4.02. The highest BCUT2D eigenvalue weighted by atomic mass is 35.5. The number of carbonyl (C=O) groups is 1. The van der Waals surface area contributed by atoms with Crippen molar-refractivity contribution in [3.63, 3.8) is 0 Å². The lowest BCUT2D eigenvalue weighted by Gasteiger charge is -2.07. The molecule has 192 valence electrons. The van der Waals surface area contributed by atoms with Gasteiger partial charge in [-0.1, -0.05) is 41.9 Å². The first-order valence-electron chi connectivity index (χ1n) is 11.7. The molecule has 0 saturated heterocycles. The number of rotatable bonds is 11. The Morgan fingerprint density at radius 2 is 1.78 bits per heavy atom. The van der Waals surface area contributed by atoms with Gasteiger partial charge in [0.1, 0.15) is 5.69 Å². The minimum atomic E-state index is -0.388. The Bertz CT molecular complexity index is 1480. The van der Waals surface area contributed by atoms with Crippen LogP contribution < -0.4 is 16.6 Å². The van der Waals surface area contributed by atoms with Crippen LogP contribution in [0.5, 0.6) is 0 Å². The van der Waals surface area contributed by atoms with Crippen LogP contribution in [-0.2, 0) is 31.0 Å². The first-order chi connectivity index (χ1) is 17.9. The van der Waals surface area contributed by atoms with Crippen LogP contribution >= 0.6 is 11.6 Å². The summed E-state index contributed by atoms with van der Waals surface area (Å²) in [7, 11) is 1.55. The number of ether oxygens (including phenoxy) is 1. The molecule has 0 unspecified atom stereocenters. The molecule has 0 atom stereocenters. The molecule has 37 heavy (non-hydrogen) atoms. The second-order valence-electron chi connectivity index (χ2n) is 8.46. The fourth-order valence-corrected chi connectivity index (χ4v) is 4.00. The highest BCUT2D eigenvalue weighted by Gasteiger charge is 2.16. The van der Waals surface area contributed by atoms with Crippen LogP contribution in [0.1, 0.15) is 33.6 Å². The highest BCUT2D eigenvalue weighted by Crippen LogP contribution is 2.12. The number of halogens is 1. The fraction of sp³-hybridized carbons (Fsp3) is 0.269. The largest absolute Gasteiger partial charge is 0.378 e. The Morgan fingerprint density at radius 3 is 2.51 bits per heavy atom. The van der Waals surface area contributed by atoms with E-state index >= 15 is 0 Å². The van der Waals surface area contributed by atoms with Crippen LogP contribution in [-0.4, -0.2) is 43.5 Å². The maximum absolute atomic E-state index is 12.8. The molecule has 10 nitrogen and oxygen atoms in total. The van der Waals surface area contributed by atoms with Crippen molar-refractivity contribution in [1.29, 1.82) is 0 Å².